The zero-order valence-corrected chi connectivity index (χ0v) is 15.3. The second kappa shape index (κ2) is 7.88. The molecule has 0 N–H and O–H groups in total. The molecule has 0 saturated heterocycles. The van der Waals surface area contributed by atoms with Crippen LogP contribution in [0.5, 0.6) is 0 Å². The molecule has 3 rings (SSSR count). The van der Waals surface area contributed by atoms with Crippen LogP contribution in [-0.4, -0.2) is 16.9 Å². The number of thiophene rings is 1. The largest absolute Gasteiger partial charge is 0.253 e. The molecule has 3 nitrogen and oxygen atoms in total. The van der Waals surface area contributed by atoms with Crippen LogP contribution >= 0.6 is 22.7 Å². The molecule has 0 atom stereocenters. The first-order valence-corrected chi connectivity index (χ1v) is 9.96. The van der Waals surface area contributed by atoms with Crippen molar-refractivity contribution in [2.45, 2.75) is 45.4 Å². The predicted molar refractivity (Wildman–Crippen MR) is 101 cm³/mol. The standard InChI is InChI=1S/C18H23N3S2/c1-14(2)12-19-18-21(20-15-8-5-3-4-6-9-15)16(13-23-18)17-10-7-11-22-17/h7,10-11,13H,1,3-6,8-9,12H2,2H3. The van der Waals surface area contributed by atoms with E-state index in [4.69, 9.17) is 10.1 Å². The molecule has 122 valence electrons. The van der Waals surface area contributed by atoms with E-state index in [9.17, 15) is 0 Å². The summed E-state index contributed by atoms with van der Waals surface area (Å²) in [7, 11) is 0. The maximum atomic E-state index is 5.00. The minimum absolute atomic E-state index is 0.662. The van der Waals surface area contributed by atoms with Gasteiger partial charge in [0, 0.05) is 11.1 Å². The summed E-state index contributed by atoms with van der Waals surface area (Å²) in [6.07, 6.45) is 7.42. The lowest BCUT2D eigenvalue weighted by Crippen LogP contribution is -2.15. The van der Waals surface area contributed by atoms with Crippen molar-refractivity contribution in [3.05, 3.63) is 39.8 Å². The molecule has 0 spiro atoms. The molecule has 1 saturated carbocycles. The van der Waals surface area contributed by atoms with E-state index in [0.717, 1.165) is 28.9 Å². The van der Waals surface area contributed by atoms with Crippen LogP contribution in [0.2, 0.25) is 0 Å². The highest BCUT2D eigenvalue weighted by Gasteiger charge is 2.11. The highest BCUT2D eigenvalue weighted by Crippen LogP contribution is 2.25. The van der Waals surface area contributed by atoms with Crippen molar-refractivity contribution in [2.75, 3.05) is 6.54 Å². The summed E-state index contributed by atoms with van der Waals surface area (Å²) >= 11 is 3.42. The Labute approximate surface area is 145 Å². The summed E-state index contributed by atoms with van der Waals surface area (Å²) in [5, 5.41) is 9.28. The van der Waals surface area contributed by atoms with Crippen molar-refractivity contribution in [3.8, 4) is 10.6 Å². The van der Waals surface area contributed by atoms with Crippen LogP contribution in [0.1, 0.15) is 45.4 Å². The van der Waals surface area contributed by atoms with Crippen LogP contribution in [0.15, 0.2) is 45.1 Å². The van der Waals surface area contributed by atoms with Crippen LogP contribution in [0.3, 0.4) is 0 Å². The third kappa shape index (κ3) is 4.30. The summed E-state index contributed by atoms with van der Waals surface area (Å²) < 4.78 is 2.06. The molecule has 0 bridgehead atoms. The number of hydrogen-bond donors (Lipinski definition) is 0. The molecule has 2 aromatic rings. The summed E-state index contributed by atoms with van der Waals surface area (Å²) in [5.74, 6) is 0. The van der Waals surface area contributed by atoms with Gasteiger partial charge in [-0.05, 0) is 44.1 Å². The Kier molecular flexibility index (Phi) is 5.62. The topological polar surface area (TPSA) is 29.6 Å². The molecular weight excluding hydrogens is 322 g/mol. The lowest BCUT2D eigenvalue weighted by atomic mass is 10.2. The van der Waals surface area contributed by atoms with Gasteiger partial charge in [0.15, 0.2) is 0 Å². The fourth-order valence-electron chi connectivity index (χ4n) is 2.68. The van der Waals surface area contributed by atoms with E-state index < -0.39 is 0 Å². The Balaban J connectivity index is 2.03. The van der Waals surface area contributed by atoms with Gasteiger partial charge in [0.25, 0.3) is 0 Å². The number of nitrogens with zero attached hydrogens (tertiary/aromatic N) is 3. The molecule has 23 heavy (non-hydrogen) atoms. The van der Waals surface area contributed by atoms with E-state index in [0.29, 0.717) is 6.54 Å². The first-order chi connectivity index (χ1) is 11.2. The fourth-order valence-corrected chi connectivity index (χ4v) is 4.30. The van der Waals surface area contributed by atoms with Gasteiger partial charge in [0.2, 0.25) is 4.80 Å². The Hall–Kier alpha value is -1.46. The molecule has 0 aromatic carbocycles. The Morgan fingerprint density at radius 1 is 1.22 bits per heavy atom. The van der Waals surface area contributed by atoms with Gasteiger partial charge in [-0.2, -0.15) is 5.10 Å². The van der Waals surface area contributed by atoms with Gasteiger partial charge >= 0.3 is 0 Å². The highest BCUT2D eigenvalue weighted by atomic mass is 32.1. The SMILES string of the molecule is C=C(C)CN=c1scc(-c2cccs2)n1N=C1CCCCCC1. The molecule has 2 heterocycles. The fraction of sp³-hybridized carbons (Fsp3) is 0.444. The molecule has 0 radical (unpaired) electrons. The zero-order chi connectivity index (χ0) is 16.1. The van der Waals surface area contributed by atoms with Crippen molar-refractivity contribution in [1.29, 1.82) is 0 Å². The third-order valence-electron chi connectivity index (χ3n) is 3.87. The van der Waals surface area contributed by atoms with Gasteiger partial charge < -0.3 is 0 Å². The Morgan fingerprint density at radius 3 is 2.65 bits per heavy atom. The third-order valence-corrected chi connectivity index (χ3v) is 5.61. The van der Waals surface area contributed by atoms with E-state index in [1.54, 1.807) is 22.7 Å². The molecule has 1 fully saturated rings. The molecule has 5 heteroatoms. The van der Waals surface area contributed by atoms with Gasteiger partial charge in [0.05, 0.1) is 17.1 Å². The van der Waals surface area contributed by atoms with E-state index in [-0.39, 0.29) is 0 Å². The number of rotatable bonds is 4. The van der Waals surface area contributed by atoms with Crippen LogP contribution in [0, 0.1) is 0 Å². The summed E-state index contributed by atoms with van der Waals surface area (Å²) in [4.78, 5) is 6.92. The maximum absolute atomic E-state index is 5.00. The van der Waals surface area contributed by atoms with Crippen molar-refractivity contribution >= 4 is 28.4 Å². The van der Waals surface area contributed by atoms with Crippen LogP contribution in [-0.2, 0) is 0 Å². The molecule has 2 aromatic heterocycles. The molecular formula is C18H23N3S2. The van der Waals surface area contributed by atoms with Crippen LogP contribution < -0.4 is 4.80 Å². The van der Waals surface area contributed by atoms with Crippen molar-refractivity contribution in [3.63, 3.8) is 0 Å². The quantitative estimate of drug-likeness (QED) is 0.531. The van der Waals surface area contributed by atoms with Gasteiger partial charge in [0.1, 0.15) is 0 Å². The second-order valence-corrected chi connectivity index (χ2v) is 7.83. The lowest BCUT2D eigenvalue weighted by Gasteiger charge is -2.05. The average Bonchev–Trinajstić information content (AvgIpc) is 3.10. The molecule has 0 amide bonds. The van der Waals surface area contributed by atoms with Crippen LogP contribution in [0.4, 0.5) is 0 Å². The van der Waals surface area contributed by atoms with Gasteiger partial charge in [-0.3, -0.25) is 4.99 Å². The minimum Gasteiger partial charge on any atom is -0.253 e. The molecule has 1 aliphatic rings. The van der Waals surface area contributed by atoms with Gasteiger partial charge in [-0.1, -0.05) is 31.1 Å². The predicted octanol–water partition coefficient (Wildman–Crippen LogP) is 5.31. The second-order valence-electron chi connectivity index (χ2n) is 6.05. The van der Waals surface area contributed by atoms with Crippen molar-refractivity contribution in [2.24, 2.45) is 10.1 Å². The van der Waals surface area contributed by atoms with Crippen LogP contribution in [0.25, 0.3) is 10.6 Å². The number of aromatic nitrogens is 1. The van der Waals surface area contributed by atoms with Gasteiger partial charge in [-0.15, -0.1) is 22.7 Å². The van der Waals surface area contributed by atoms with Crippen molar-refractivity contribution < 1.29 is 0 Å². The Morgan fingerprint density at radius 2 is 2.00 bits per heavy atom. The summed E-state index contributed by atoms with van der Waals surface area (Å²) in [5.41, 5.74) is 3.54. The minimum atomic E-state index is 0.662. The summed E-state index contributed by atoms with van der Waals surface area (Å²) in [6.45, 7) is 6.63. The first kappa shape index (κ1) is 16.4. The van der Waals surface area contributed by atoms with E-state index in [1.165, 1.54) is 36.3 Å². The zero-order valence-electron chi connectivity index (χ0n) is 13.6. The number of hydrogen-bond acceptors (Lipinski definition) is 4. The average molecular weight is 346 g/mol. The first-order valence-electron chi connectivity index (χ1n) is 8.20. The summed E-state index contributed by atoms with van der Waals surface area (Å²) in [6, 6.07) is 4.24. The smallest absolute Gasteiger partial charge is 0.206 e. The van der Waals surface area contributed by atoms with E-state index in [1.807, 2.05) is 6.92 Å². The lowest BCUT2D eigenvalue weighted by molar-refractivity contribution is 0.702. The maximum Gasteiger partial charge on any atom is 0.206 e. The number of thiazole rings is 1. The Bertz CT molecular complexity index is 738. The van der Waals surface area contributed by atoms with Gasteiger partial charge in [-0.25, -0.2) is 4.68 Å². The molecule has 0 unspecified atom stereocenters. The van der Waals surface area contributed by atoms with E-state index >= 15 is 0 Å². The molecule has 0 aliphatic heterocycles. The molecule has 1 aliphatic carbocycles. The monoisotopic (exact) mass is 345 g/mol. The highest BCUT2D eigenvalue weighted by molar-refractivity contribution is 7.14. The van der Waals surface area contributed by atoms with E-state index in [2.05, 4.69) is 34.1 Å². The van der Waals surface area contributed by atoms with Crippen molar-refractivity contribution in [1.82, 2.24) is 4.68 Å². The normalized spacial score (nSPS) is 16.4.